The van der Waals surface area contributed by atoms with Gasteiger partial charge in [-0.15, -0.1) is 0 Å². The smallest absolute Gasteiger partial charge is 0.414 e. The first-order valence-electron chi connectivity index (χ1n) is 19.5. The summed E-state index contributed by atoms with van der Waals surface area (Å²) in [5, 5.41) is 21.1. The van der Waals surface area contributed by atoms with Crippen LogP contribution >= 0.6 is 0 Å². The summed E-state index contributed by atoms with van der Waals surface area (Å²) in [5.74, 6) is -1.30. The molecular formula is C41H46N8O13S. The van der Waals surface area contributed by atoms with E-state index in [1.807, 2.05) is 6.92 Å². The number of methoxy groups -OCH3 is 1. The Morgan fingerprint density at radius 3 is 1.62 bits per heavy atom. The predicted molar refractivity (Wildman–Crippen MR) is 224 cm³/mol. The molecule has 0 saturated carbocycles. The number of piperazine rings is 1. The number of amidine groups is 2. The van der Waals surface area contributed by atoms with Crippen molar-refractivity contribution in [2.24, 2.45) is 0 Å². The van der Waals surface area contributed by atoms with Gasteiger partial charge < -0.3 is 33.7 Å². The molecule has 0 bridgehead atoms. The van der Waals surface area contributed by atoms with Crippen LogP contribution in [0.2, 0.25) is 0 Å². The molecule has 4 aromatic rings. The van der Waals surface area contributed by atoms with Gasteiger partial charge in [0.15, 0.2) is 0 Å². The Labute approximate surface area is 361 Å². The number of ether oxygens (including phenoxy) is 3. The first kappa shape index (κ1) is 45.6. The quantitative estimate of drug-likeness (QED) is 0.0494. The first-order chi connectivity index (χ1) is 30.1. The third-order valence-electron chi connectivity index (χ3n) is 10.2. The highest BCUT2D eigenvalue weighted by molar-refractivity contribution is 7.86. The lowest BCUT2D eigenvalue weighted by Crippen LogP contribution is -2.53. The molecule has 5 heterocycles. The van der Waals surface area contributed by atoms with Crippen molar-refractivity contribution in [1.29, 1.82) is 10.8 Å². The predicted octanol–water partition coefficient (Wildman–Crippen LogP) is 2.88. The SMILES string of the molecule is COC(=O)C(C)N1CCN(CC2CN(c3ccc(C(=N)NC(=O)c4ccoc4)cc3)C(=O)O2)CC1.CS(=O)(=O)OCC1CN(c2ccc(C(=N)NC(=O)c3ccoc3)cc2)C(=O)O1. The van der Waals surface area contributed by atoms with Gasteiger partial charge in [-0.3, -0.25) is 49.0 Å². The fraction of sp³-hybridized carbons (Fsp3) is 0.341. The normalized spacial score (nSPS) is 18.4. The number of hydrogen-bond donors (Lipinski definition) is 4. The van der Waals surface area contributed by atoms with E-state index >= 15 is 0 Å². The molecule has 7 rings (SSSR count). The second-order valence-corrected chi connectivity index (χ2v) is 16.2. The van der Waals surface area contributed by atoms with Gasteiger partial charge in [-0.05, 0) is 67.6 Å². The summed E-state index contributed by atoms with van der Waals surface area (Å²) in [5.41, 5.74) is 2.73. The molecule has 22 heteroatoms. The fourth-order valence-corrected chi connectivity index (χ4v) is 7.11. The molecule has 3 unspecified atom stereocenters. The van der Waals surface area contributed by atoms with Gasteiger partial charge in [0.05, 0.1) is 50.1 Å². The Balaban J connectivity index is 0.000000215. The van der Waals surface area contributed by atoms with E-state index in [1.54, 1.807) is 53.4 Å². The molecular weight excluding hydrogens is 845 g/mol. The van der Waals surface area contributed by atoms with Gasteiger partial charge in [-0.1, -0.05) is 0 Å². The lowest BCUT2D eigenvalue weighted by atomic mass is 10.1. The molecule has 4 amide bonds. The lowest BCUT2D eigenvalue weighted by molar-refractivity contribution is -0.147. The summed E-state index contributed by atoms with van der Waals surface area (Å²) in [6, 6.07) is 15.9. The minimum absolute atomic E-state index is 0.0507. The van der Waals surface area contributed by atoms with Crippen molar-refractivity contribution in [3.63, 3.8) is 0 Å². The minimum Gasteiger partial charge on any atom is -0.472 e. The van der Waals surface area contributed by atoms with Crippen LogP contribution in [-0.2, 0) is 33.3 Å². The van der Waals surface area contributed by atoms with E-state index in [0.717, 1.165) is 32.4 Å². The van der Waals surface area contributed by atoms with E-state index in [1.165, 1.54) is 49.2 Å². The van der Waals surface area contributed by atoms with Crippen LogP contribution in [0.4, 0.5) is 21.0 Å². The van der Waals surface area contributed by atoms with Crippen LogP contribution in [0.3, 0.4) is 0 Å². The van der Waals surface area contributed by atoms with E-state index in [9.17, 15) is 32.4 Å². The molecule has 21 nitrogen and oxygen atoms in total. The van der Waals surface area contributed by atoms with E-state index in [-0.39, 0.29) is 42.9 Å². The van der Waals surface area contributed by atoms with E-state index in [0.29, 0.717) is 46.7 Å². The lowest BCUT2D eigenvalue weighted by Gasteiger charge is -2.37. The number of carbonyl (C=O) groups excluding carboxylic acids is 5. The Morgan fingerprint density at radius 2 is 1.19 bits per heavy atom. The number of nitrogens with zero attached hydrogens (tertiary/aromatic N) is 4. The molecule has 334 valence electrons. The molecule has 0 spiro atoms. The third kappa shape index (κ3) is 12.2. The molecule has 2 aromatic carbocycles. The summed E-state index contributed by atoms with van der Waals surface area (Å²) in [4.78, 5) is 67.5. The Hall–Kier alpha value is -6.88. The van der Waals surface area contributed by atoms with Gasteiger partial charge in [0.2, 0.25) is 0 Å². The molecule has 3 saturated heterocycles. The zero-order valence-electron chi connectivity index (χ0n) is 34.5. The van der Waals surface area contributed by atoms with Crippen molar-refractivity contribution in [2.45, 2.75) is 25.2 Å². The highest BCUT2D eigenvalue weighted by atomic mass is 32.2. The Kier molecular flexibility index (Phi) is 14.7. The molecule has 4 N–H and O–H groups in total. The Bertz CT molecular complexity index is 2380. The maximum absolute atomic E-state index is 12.5. The van der Waals surface area contributed by atoms with Crippen LogP contribution < -0.4 is 20.4 Å². The molecule has 63 heavy (non-hydrogen) atoms. The summed E-state index contributed by atoms with van der Waals surface area (Å²) in [7, 11) is -2.23. The maximum atomic E-state index is 12.5. The molecule has 3 aliphatic heterocycles. The standard InChI is InChI=1S/C24H29N5O6.C17H17N3O7S/c1-16(23(31)33-2)28-10-8-27(9-11-28)13-20-14-29(24(32)35-20)19-5-3-17(4-6-19)21(25)26-22(30)18-7-12-34-15-18;1-28(23,24)26-10-14-8-20(17(22)27-14)13-4-2-11(3-5-13)15(18)19-16(21)12-6-7-25-9-12/h3-7,12,15-16,20H,8-11,13-14H2,1-2H3,(H2,25,26,30);2-7,9,14H,8,10H2,1H3,(H2,18,19,21). The topological polar surface area (TPSA) is 267 Å². The van der Waals surface area contributed by atoms with Crippen molar-refractivity contribution >= 4 is 63.1 Å². The summed E-state index contributed by atoms with van der Waals surface area (Å²) < 4.78 is 51.9. The number of rotatable bonds is 13. The first-order valence-corrected chi connectivity index (χ1v) is 21.3. The third-order valence-corrected chi connectivity index (χ3v) is 10.7. The van der Waals surface area contributed by atoms with E-state index in [4.69, 9.17) is 33.9 Å². The zero-order chi connectivity index (χ0) is 45.3. The second kappa shape index (κ2) is 20.3. The number of nitrogens with one attached hydrogen (secondary N) is 4. The number of amides is 4. The average molecular weight is 891 g/mol. The van der Waals surface area contributed by atoms with Crippen molar-refractivity contribution in [2.75, 3.05) is 75.6 Å². The van der Waals surface area contributed by atoms with Crippen molar-refractivity contribution in [1.82, 2.24) is 20.4 Å². The van der Waals surface area contributed by atoms with Crippen LogP contribution in [0.25, 0.3) is 0 Å². The van der Waals surface area contributed by atoms with Crippen molar-refractivity contribution in [3.8, 4) is 0 Å². The van der Waals surface area contributed by atoms with Crippen LogP contribution in [-0.4, -0.2) is 144 Å². The number of esters is 1. The van der Waals surface area contributed by atoms with Gasteiger partial charge in [-0.2, -0.15) is 8.42 Å². The van der Waals surface area contributed by atoms with Gasteiger partial charge in [0, 0.05) is 55.2 Å². The molecule has 3 aliphatic rings. The molecule has 3 fully saturated rings. The number of cyclic esters (lactones) is 2. The summed E-state index contributed by atoms with van der Waals surface area (Å²) >= 11 is 0. The number of furan rings is 2. The zero-order valence-corrected chi connectivity index (χ0v) is 35.3. The largest absolute Gasteiger partial charge is 0.472 e. The molecule has 0 aliphatic carbocycles. The molecule has 2 aromatic heterocycles. The number of benzene rings is 2. The van der Waals surface area contributed by atoms with E-state index < -0.39 is 40.2 Å². The van der Waals surface area contributed by atoms with Gasteiger partial charge in [0.25, 0.3) is 21.9 Å². The summed E-state index contributed by atoms with van der Waals surface area (Å²) in [6.07, 6.45) is 4.23. The average Bonchev–Trinajstić information content (AvgIpc) is 4.12. The molecule has 3 atom stereocenters. The number of carbonyl (C=O) groups is 5. The van der Waals surface area contributed by atoms with E-state index in [2.05, 4.69) is 24.6 Å². The highest BCUT2D eigenvalue weighted by Gasteiger charge is 2.36. The van der Waals surface area contributed by atoms with Crippen LogP contribution in [0.5, 0.6) is 0 Å². The number of hydrogen-bond acceptors (Lipinski definition) is 17. The van der Waals surface area contributed by atoms with Gasteiger partial charge in [0.1, 0.15) is 49.1 Å². The molecule has 0 radical (unpaired) electrons. The van der Waals surface area contributed by atoms with Crippen LogP contribution in [0.1, 0.15) is 38.8 Å². The second-order valence-electron chi connectivity index (χ2n) is 14.5. The highest BCUT2D eigenvalue weighted by Crippen LogP contribution is 2.24. The van der Waals surface area contributed by atoms with Crippen molar-refractivity contribution in [3.05, 3.63) is 108 Å². The van der Waals surface area contributed by atoms with Crippen molar-refractivity contribution < 1.29 is 59.6 Å². The van der Waals surface area contributed by atoms with Crippen LogP contribution in [0, 0.1) is 10.8 Å². The maximum Gasteiger partial charge on any atom is 0.414 e. The minimum atomic E-state index is -3.63. The van der Waals surface area contributed by atoms with Gasteiger partial charge in [-0.25, -0.2) is 9.59 Å². The van der Waals surface area contributed by atoms with Gasteiger partial charge >= 0.3 is 18.2 Å². The Morgan fingerprint density at radius 1 is 0.730 bits per heavy atom. The monoisotopic (exact) mass is 890 g/mol. The number of anilines is 2. The van der Waals surface area contributed by atoms with Crippen LogP contribution in [0.15, 0.2) is 94.6 Å². The fourth-order valence-electron chi connectivity index (χ4n) is 6.71. The summed E-state index contributed by atoms with van der Waals surface area (Å²) in [6.45, 7) is 5.78.